The van der Waals surface area contributed by atoms with Gasteiger partial charge in [0.2, 0.25) is 0 Å². The van der Waals surface area contributed by atoms with Crippen molar-refractivity contribution in [3.05, 3.63) is 78.0 Å². The lowest BCUT2D eigenvalue weighted by atomic mass is 10.1. The van der Waals surface area contributed by atoms with Gasteiger partial charge >= 0.3 is 0 Å². The van der Waals surface area contributed by atoms with E-state index in [2.05, 4.69) is 20.6 Å². The second kappa shape index (κ2) is 9.01. The van der Waals surface area contributed by atoms with Gasteiger partial charge in [0.25, 0.3) is 10.0 Å². The molecule has 0 fully saturated rings. The molecular weight excluding hydrogens is 445 g/mol. The number of halogens is 2. The van der Waals surface area contributed by atoms with E-state index in [-0.39, 0.29) is 17.3 Å². The normalized spacial score (nSPS) is 11.3. The van der Waals surface area contributed by atoms with E-state index >= 15 is 0 Å². The Morgan fingerprint density at radius 2 is 1.93 bits per heavy atom. The highest BCUT2D eigenvalue weighted by atomic mass is 35.5. The van der Waals surface area contributed by atoms with Crippen LogP contribution < -0.4 is 10.6 Å². The molecule has 4 aromatic rings. The molecular formula is C20H19Cl2N5O2S. The van der Waals surface area contributed by atoms with Crippen LogP contribution in [0.4, 0.5) is 11.4 Å². The molecule has 0 aliphatic carbocycles. The van der Waals surface area contributed by atoms with Crippen molar-refractivity contribution in [1.29, 1.82) is 0 Å². The summed E-state index contributed by atoms with van der Waals surface area (Å²) in [6, 6.07) is 12.3. The van der Waals surface area contributed by atoms with Crippen LogP contribution in [0.25, 0.3) is 10.9 Å². The first kappa shape index (κ1) is 22.0. The maximum absolute atomic E-state index is 13.2. The minimum Gasteiger partial charge on any atom is -0.353 e. The molecule has 0 aliphatic heterocycles. The van der Waals surface area contributed by atoms with E-state index in [4.69, 9.17) is 11.6 Å². The number of rotatable bonds is 6. The third kappa shape index (κ3) is 4.13. The van der Waals surface area contributed by atoms with Gasteiger partial charge in [-0.2, -0.15) is 0 Å². The van der Waals surface area contributed by atoms with Crippen LogP contribution in [0.1, 0.15) is 5.56 Å². The van der Waals surface area contributed by atoms with Gasteiger partial charge in [0.15, 0.2) is 5.15 Å². The van der Waals surface area contributed by atoms with Crippen LogP contribution in [0.5, 0.6) is 0 Å². The van der Waals surface area contributed by atoms with Gasteiger partial charge in [-0.15, -0.1) is 12.4 Å². The summed E-state index contributed by atoms with van der Waals surface area (Å²) in [6.07, 6.45) is 6.13. The minimum absolute atomic E-state index is 0. The molecule has 7 nitrogen and oxygen atoms in total. The van der Waals surface area contributed by atoms with Crippen LogP contribution in [0.15, 0.2) is 72.1 Å². The van der Waals surface area contributed by atoms with Gasteiger partial charge in [-0.25, -0.2) is 17.4 Å². The molecule has 1 aromatic carbocycles. The molecule has 156 valence electrons. The Morgan fingerprint density at radius 1 is 1.13 bits per heavy atom. The average molecular weight is 464 g/mol. The zero-order valence-corrected chi connectivity index (χ0v) is 18.3. The lowest BCUT2D eigenvalue weighted by molar-refractivity contribution is 0.588. The summed E-state index contributed by atoms with van der Waals surface area (Å²) in [5.74, 6) is 0. The summed E-state index contributed by atoms with van der Waals surface area (Å²) in [5, 5.41) is 7.45. The maximum Gasteiger partial charge on any atom is 0.269 e. The summed E-state index contributed by atoms with van der Waals surface area (Å²) < 4.78 is 27.8. The van der Waals surface area contributed by atoms with Crippen LogP contribution in [0.2, 0.25) is 5.15 Å². The van der Waals surface area contributed by atoms with Crippen molar-refractivity contribution in [2.75, 3.05) is 12.4 Å². The summed E-state index contributed by atoms with van der Waals surface area (Å²) in [6.45, 7) is 0.535. The fraction of sp³-hybridized carbons (Fsp3) is 0.100. The van der Waals surface area contributed by atoms with E-state index in [9.17, 15) is 8.42 Å². The quantitative estimate of drug-likeness (QED) is 0.416. The number of aromatic nitrogens is 3. The van der Waals surface area contributed by atoms with Crippen molar-refractivity contribution in [1.82, 2.24) is 19.3 Å². The first-order valence-corrected chi connectivity index (χ1v) is 10.6. The van der Waals surface area contributed by atoms with Crippen molar-refractivity contribution in [2.45, 2.75) is 11.4 Å². The van der Waals surface area contributed by atoms with Crippen molar-refractivity contribution in [3.63, 3.8) is 0 Å². The maximum atomic E-state index is 13.2. The highest BCUT2D eigenvalue weighted by Crippen LogP contribution is 2.30. The first-order valence-electron chi connectivity index (χ1n) is 8.82. The number of hydrogen-bond donors (Lipinski definition) is 2. The Morgan fingerprint density at radius 3 is 2.63 bits per heavy atom. The minimum atomic E-state index is -3.80. The molecule has 0 unspecified atom stereocenters. The summed E-state index contributed by atoms with van der Waals surface area (Å²) in [4.78, 5) is 8.12. The standard InChI is InChI=1S/C20H18ClN5O2S.ClH/c1-22-11-14-13-26(29(27,28)16-4-2-8-23-12-16)19-10-15(6-7-17(14)19)25-18-5-3-9-24-20(18)21;/h2-10,12-13,22,25H,11H2,1H3;1H. The largest absolute Gasteiger partial charge is 0.353 e. The van der Waals surface area contributed by atoms with Crippen molar-refractivity contribution in [3.8, 4) is 0 Å². The van der Waals surface area contributed by atoms with E-state index in [1.807, 2.05) is 19.2 Å². The molecule has 0 spiro atoms. The fourth-order valence-electron chi connectivity index (χ4n) is 3.12. The average Bonchev–Trinajstić information content (AvgIpc) is 3.09. The summed E-state index contributed by atoms with van der Waals surface area (Å²) in [7, 11) is -1.98. The van der Waals surface area contributed by atoms with E-state index in [0.29, 0.717) is 28.6 Å². The molecule has 0 saturated heterocycles. The van der Waals surface area contributed by atoms with Crippen LogP contribution in [0, 0.1) is 0 Å². The number of hydrogen-bond acceptors (Lipinski definition) is 6. The Labute approximate surface area is 185 Å². The third-order valence-corrected chi connectivity index (χ3v) is 6.41. The monoisotopic (exact) mass is 463 g/mol. The number of pyridine rings is 2. The molecule has 4 rings (SSSR count). The van der Waals surface area contributed by atoms with Crippen LogP contribution >= 0.6 is 24.0 Å². The number of nitrogens with zero attached hydrogens (tertiary/aromatic N) is 3. The van der Waals surface area contributed by atoms with Gasteiger partial charge in [-0.1, -0.05) is 17.7 Å². The third-order valence-electron chi connectivity index (χ3n) is 4.45. The highest BCUT2D eigenvalue weighted by molar-refractivity contribution is 7.90. The smallest absolute Gasteiger partial charge is 0.269 e. The van der Waals surface area contributed by atoms with Gasteiger partial charge in [-0.05, 0) is 49.0 Å². The molecule has 0 radical (unpaired) electrons. The van der Waals surface area contributed by atoms with E-state index in [1.165, 1.54) is 16.2 Å². The molecule has 0 atom stereocenters. The number of anilines is 2. The number of nitrogens with one attached hydrogen (secondary N) is 2. The Balaban J connectivity index is 0.00000256. The molecule has 2 N–H and O–H groups in total. The second-order valence-corrected chi connectivity index (χ2v) is 8.55. The Kier molecular flexibility index (Phi) is 6.62. The molecule has 3 aromatic heterocycles. The van der Waals surface area contributed by atoms with Gasteiger partial charge < -0.3 is 10.6 Å². The molecule has 0 amide bonds. The van der Waals surface area contributed by atoms with Gasteiger partial charge in [0.05, 0.1) is 11.2 Å². The zero-order chi connectivity index (χ0) is 20.4. The van der Waals surface area contributed by atoms with E-state index in [1.54, 1.807) is 42.9 Å². The van der Waals surface area contributed by atoms with E-state index < -0.39 is 10.0 Å². The lowest BCUT2D eigenvalue weighted by Crippen LogP contribution is -2.12. The molecule has 10 heteroatoms. The summed E-state index contributed by atoms with van der Waals surface area (Å²) in [5.41, 5.74) is 2.77. The topological polar surface area (TPSA) is 88.9 Å². The van der Waals surface area contributed by atoms with Crippen molar-refractivity contribution >= 4 is 56.3 Å². The van der Waals surface area contributed by atoms with Crippen LogP contribution in [0.3, 0.4) is 0 Å². The first-order chi connectivity index (χ1) is 14.0. The Bertz CT molecular complexity index is 1280. The van der Waals surface area contributed by atoms with Crippen LogP contribution in [-0.4, -0.2) is 29.4 Å². The van der Waals surface area contributed by atoms with Gasteiger partial charge in [-0.3, -0.25) is 4.98 Å². The molecule has 0 bridgehead atoms. The number of fused-ring (bicyclic) bond motifs is 1. The predicted molar refractivity (Wildman–Crippen MR) is 121 cm³/mol. The summed E-state index contributed by atoms with van der Waals surface area (Å²) >= 11 is 6.13. The van der Waals surface area contributed by atoms with E-state index in [0.717, 1.165) is 10.9 Å². The predicted octanol–water partition coefficient (Wildman–Crippen LogP) is 4.21. The number of benzene rings is 1. The van der Waals surface area contributed by atoms with Crippen molar-refractivity contribution in [2.24, 2.45) is 0 Å². The highest BCUT2D eigenvalue weighted by Gasteiger charge is 2.21. The molecule has 0 saturated carbocycles. The fourth-order valence-corrected chi connectivity index (χ4v) is 4.64. The molecule has 3 heterocycles. The Hall–Kier alpha value is -2.65. The molecule has 30 heavy (non-hydrogen) atoms. The molecule has 0 aliphatic rings. The SMILES string of the molecule is CNCc1cn(S(=O)(=O)c2cccnc2)c2cc(Nc3cccnc3Cl)ccc12.Cl. The van der Waals surface area contributed by atoms with Gasteiger partial charge in [0.1, 0.15) is 4.90 Å². The van der Waals surface area contributed by atoms with Crippen LogP contribution in [-0.2, 0) is 16.6 Å². The lowest BCUT2D eigenvalue weighted by Gasteiger charge is -2.10. The second-order valence-electron chi connectivity index (χ2n) is 6.37. The van der Waals surface area contributed by atoms with Crippen molar-refractivity contribution < 1.29 is 8.42 Å². The zero-order valence-electron chi connectivity index (χ0n) is 15.9. The van der Waals surface area contributed by atoms with Gasteiger partial charge in [0, 0.05) is 42.4 Å².